The molecule has 3 N–H and O–H groups in total. The highest BCUT2D eigenvalue weighted by Gasteiger charge is 2.43. The molecule has 0 aromatic heterocycles. The van der Waals surface area contributed by atoms with Gasteiger partial charge in [0.25, 0.3) is 0 Å². The van der Waals surface area contributed by atoms with Crippen molar-refractivity contribution >= 4 is 0 Å². The molecule has 0 aliphatic carbocycles. The van der Waals surface area contributed by atoms with E-state index in [1.165, 1.54) is 6.92 Å². The second-order valence-corrected chi connectivity index (χ2v) is 2.38. The highest BCUT2D eigenvalue weighted by atomic mass is 16.7. The Labute approximate surface area is 52.7 Å². The summed E-state index contributed by atoms with van der Waals surface area (Å²) < 4.78 is 4.62. The van der Waals surface area contributed by atoms with Gasteiger partial charge in [-0.15, -0.1) is 0 Å². The molecule has 1 heterocycles. The van der Waals surface area contributed by atoms with Crippen LogP contribution in [0, 0.1) is 0 Å². The highest BCUT2D eigenvalue weighted by Crippen LogP contribution is 2.22. The predicted octanol–water partition coefficient (Wildman–Crippen LogP) is -1.55. The van der Waals surface area contributed by atoms with E-state index in [4.69, 9.17) is 15.3 Å². The number of hydrogen-bond donors (Lipinski definition) is 3. The average Bonchev–Trinajstić information content (AvgIpc) is 1.97. The Morgan fingerprint density at radius 2 is 2.11 bits per heavy atom. The largest absolute Gasteiger partial charge is 0.388 e. The molecule has 0 spiro atoms. The van der Waals surface area contributed by atoms with Gasteiger partial charge in [-0.05, 0) is 6.92 Å². The summed E-state index contributed by atoms with van der Waals surface area (Å²) in [5.41, 5.74) is 0. The van der Waals surface area contributed by atoms with Gasteiger partial charge >= 0.3 is 0 Å². The molecule has 9 heavy (non-hydrogen) atoms. The monoisotopic (exact) mass is 134 g/mol. The van der Waals surface area contributed by atoms with E-state index in [0.717, 1.165) is 0 Å². The fourth-order valence-electron chi connectivity index (χ4n) is 0.788. The van der Waals surface area contributed by atoms with E-state index in [0.29, 0.717) is 0 Å². The zero-order chi connectivity index (χ0) is 7.07. The number of hydrogen-bond acceptors (Lipinski definition) is 4. The Morgan fingerprint density at radius 3 is 2.22 bits per heavy atom. The second-order valence-electron chi connectivity index (χ2n) is 2.38. The molecule has 0 radical (unpaired) electrons. The van der Waals surface area contributed by atoms with Crippen LogP contribution in [0.5, 0.6) is 0 Å². The zero-order valence-corrected chi connectivity index (χ0v) is 5.11. The third-order valence-corrected chi connectivity index (χ3v) is 1.46. The zero-order valence-electron chi connectivity index (χ0n) is 5.11. The SMILES string of the molecule is CC1(O)OC[C@@H](O)[C@@H]1O. The topological polar surface area (TPSA) is 69.9 Å². The van der Waals surface area contributed by atoms with Crippen LogP contribution in [0.2, 0.25) is 0 Å². The summed E-state index contributed by atoms with van der Waals surface area (Å²) in [5, 5.41) is 26.7. The van der Waals surface area contributed by atoms with Gasteiger partial charge in [-0.2, -0.15) is 0 Å². The molecule has 1 aliphatic heterocycles. The van der Waals surface area contributed by atoms with Crippen molar-refractivity contribution in [1.82, 2.24) is 0 Å². The Kier molecular flexibility index (Phi) is 1.48. The Balaban J connectivity index is 2.62. The quantitative estimate of drug-likeness (QED) is 0.375. The molecule has 1 rings (SSSR count). The summed E-state index contributed by atoms with van der Waals surface area (Å²) in [6.45, 7) is 1.31. The normalized spacial score (nSPS) is 52.0. The summed E-state index contributed by atoms with van der Waals surface area (Å²) in [5.74, 6) is -1.57. The van der Waals surface area contributed by atoms with E-state index in [-0.39, 0.29) is 6.61 Å². The first-order valence-corrected chi connectivity index (χ1v) is 2.76. The standard InChI is InChI=1S/C5H10O4/c1-5(8)4(7)3(6)2-9-5/h3-4,6-8H,2H2,1H3/t3-,4+,5?/m1/s1. The second kappa shape index (κ2) is 1.91. The van der Waals surface area contributed by atoms with Gasteiger partial charge in [-0.1, -0.05) is 0 Å². The van der Waals surface area contributed by atoms with Gasteiger partial charge in [0.2, 0.25) is 0 Å². The Hall–Kier alpha value is -0.160. The summed E-state index contributed by atoms with van der Waals surface area (Å²) in [6.07, 6.45) is -2.14. The smallest absolute Gasteiger partial charge is 0.191 e. The van der Waals surface area contributed by atoms with E-state index >= 15 is 0 Å². The maximum absolute atomic E-state index is 9.00. The van der Waals surface area contributed by atoms with Crippen molar-refractivity contribution in [2.75, 3.05) is 6.61 Å². The lowest BCUT2D eigenvalue weighted by Gasteiger charge is -2.19. The molecule has 1 unspecified atom stereocenters. The van der Waals surface area contributed by atoms with Gasteiger partial charge in [0.05, 0.1) is 6.61 Å². The van der Waals surface area contributed by atoms with Crippen LogP contribution in [-0.4, -0.2) is 39.9 Å². The summed E-state index contributed by atoms with van der Waals surface area (Å²) in [7, 11) is 0. The van der Waals surface area contributed by atoms with Crippen molar-refractivity contribution in [2.24, 2.45) is 0 Å². The summed E-state index contributed by atoms with van der Waals surface area (Å²) in [4.78, 5) is 0. The Bertz CT molecular complexity index is 112. The molecule has 0 aromatic carbocycles. The first-order valence-electron chi connectivity index (χ1n) is 2.76. The molecular weight excluding hydrogens is 124 g/mol. The van der Waals surface area contributed by atoms with Crippen LogP contribution >= 0.6 is 0 Å². The molecule has 0 amide bonds. The van der Waals surface area contributed by atoms with E-state index in [1.807, 2.05) is 0 Å². The fraction of sp³-hybridized carbons (Fsp3) is 1.00. The predicted molar refractivity (Wildman–Crippen MR) is 28.6 cm³/mol. The summed E-state index contributed by atoms with van der Waals surface area (Å²) >= 11 is 0. The van der Waals surface area contributed by atoms with Gasteiger partial charge in [-0.3, -0.25) is 0 Å². The van der Waals surface area contributed by atoms with Crippen LogP contribution in [0.4, 0.5) is 0 Å². The van der Waals surface area contributed by atoms with Crippen LogP contribution in [0.25, 0.3) is 0 Å². The van der Waals surface area contributed by atoms with Crippen molar-refractivity contribution in [3.05, 3.63) is 0 Å². The molecule has 4 heteroatoms. The lowest BCUT2D eigenvalue weighted by Crippen LogP contribution is -2.39. The van der Waals surface area contributed by atoms with Gasteiger partial charge < -0.3 is 20.1 Å². The van der Waals surface area contributed by atoms with E-state index in [1.54, 1.807) is 0 Å². The molecule has 0 aromatic rings. The number of aliphatic hydroxyl groups excluding tert-OH is 2. The first-order chi connectivity index (χ1) is 4.04. The van der Waals surface area contributed by atoms with Gasteiger partial charge in [0, 0.05) is 0 Å². The molecule has 3 atom stereocenters. The minimum absolute atomic E-state index is 0.00579. The van der Waals surface area contributed by atoms with Crippen LogP contribution in [0.1, 0.15) is 6.92 Å². The lowest BCUT2D eigenvalue weighted by atomic mass is 10.1. The summed E-state index contributed by atoms with van der Waals surface area (Å²) in [6, 6.07) is 0. The molecule has 1 fully saturated rings. The van der Waals surface area contributed by atoms with Crippen molar-refractivity contribution in [3.8, 4) is 0 Å². The molecule has 1 saturated heterocycles. The molecule has 54 valence electrons. The highest BCUT2D eigenvalue weighted by molar-refractivity contribution is 4.85. The lowest BCUT2D eigenvalue weighted by molar-refractivity contribution is -0.201. The fourth-order valence-corrected chi connectivity index (χ4v) is 0.788. The Morgan fingerprint density at radius 1 is 1.56 bits per heavy atom. The van der Waals surface area contributed by atoms with E-state index in [2.05, 4.69) is 4.74 Å². The van der Waals surface area contributed by atoms with Gasteiger partial charge in [0.15, 0.2) is 5.79 Å². The minimum atomic E-state index is -1.57. The van der Waals surface area contributed by atoms with Gasteiger partial charge in [0.1, 0.15) is 12.2 Å². The minimum Gasteiger partial charge on any atom is -0.388 e. The molecule has 0 saturated carbocycles. The van der Waals surface area contributed by atoms with Gasteiger partial charge in [-0.25, -0.2) is 0 Å². The van der Waals surface area contributed by atoms with Crippen molar-refractivity contribution < 1.29 is 20.1 Å². The van der Waals surface area contributed by atoms with Crippen LogP contribution in [-0.2, 0) is 4.74 Å². The van der Waals surface area contributed by atoms with Crippen LogP contribution in [0.15, 0.2) is 0 Å². The van der Waals surface area contributed by atoms with Crippen molar-refractivity contribution in [1.29, 1.82) is 0 Å². The van der Waals surface area contributed by atoms with E-state index < -0.39 is 18.0 Å². The maximum Gasteiger partial charge on any atom is 0.191 e. The van der Waals surface area contributed by atoms with Crippen molar-refractivity contribution in [3.63, 3.8) is 0 Å². The molecule has 0 bridgehead atoms. The van der Waals surface area contributed by atoms with Crippen LogP contribution in [0.3, 0.4) is 0 Å². The third-order valence-electron chi connectivity index (χ3n) is 1.46. The average molecular weight is 134 g/mol. The molecule has 4 nitrogen and oxygen atoms in total. The number of aliphatic hydroxyl groups is 3. The van der Waals surface area contributed by atoms with Crippen molar-refractivity contribution in [2.45, 2.75) is 24.9 Å². The van der Waals surface area contributed by atoms with E-state index in [9.17, 15) is 0 Å². The number of ether oxygens (including phenoxy) is 1. The maximum atomic E-state index is 9.00. The number of rotatable bonds is 0. The molecule has 1 aliphatic rings. The molecular formula is C5H10O4. The van der Waals surface area contributed by atoms with Crippen LogP contribution < -0.4 is 0 Å². The first kappa shape index (κ1) is 6.95. The third kappa shape index (κ3) is 1.07.